The summed E-state index contributed by atoms with van der Waals surface area (Å²) >= 11 is 0. The lowest BCUT2D eigenvalue weighted by Crippen LogP contribution is -2.31. The molecule has 2 aliphatic heterocycles. The Morgan fingerprint density at radius 3 is 2.79 bits per heavy atom. The Labute approximate surface area is 167 Å². The molecule has 0 bridgehead atoms. The molecule has 5 nitrogen and oxygen atoms in total. The van der Waals surface area contributed by atoms with Crippen molar-refractivity contribution in [3.05, 3.63) is 94.8 Å². The first-order chi connectivity index (χ1) is 14.2. The molecule has 144 valence electrons. The Balaban J connectivity index is 1.43. The molecule has 2 aliphatic rings. The van der Waals surface area contributed by atoms with Crippen molar-refractivity contribution in [2.45, 2.75) is 13.1 Å². The molecule has 0 fully saturated rings. The standard InChI is InChI=1S/C23H17FN2O3/c24-17-5-3-15(4-6-17)10-21-22(27)18-7-8-20-19(23(18)29-21)13-26(14-28-20)12-16-2-1-9-25-11-16/h1-11H,12-14H2/b21-10-. The number of pyridine rings is 1. The van der Waals surface area contributed by atoms with Crippen LogP contribution in [0.15, 0.2) is 66.7 Å². The van der Waals surface area contributed by atoms with Gasteiger partial charge < -0.3 is 9.47 Å². The van der Waals surface area contributed by atoms with E-state index in [1.165, 1.54) is 12.1 Å². The Morgan fingerprint density at radius 1 is 1.14 bits per heavy atom. The molecule has 6 heteroatoms. The van der Waals surface area contributed by atoms with E-state index in [1.807, 2.05) is 24.4 Å². The van der Waals surface area contributed by atoms with Gasteiger partial charge >= 0.3 is 0 Å². The van der Waals surface area contributed by atoms with Gasteiger partial charge in [-0.15, -0.1) is 0 Å². The second-order valence-electron chi connectivity index (χ2n) is 7.03. The van der Waals surface area contributed by atoms with E-state index >= 15 is 0 Å². The van der Waals surface area contributed by atoms with E-state index in [0.29, 0.717) is 36.7 Å². The van der Waals surface area contributed by atoms with Gasteiger partial charge in [0.1, 0.15) is 24.0 Å². The molecule has 0 radical (unpaired) electrons. The summed E-state index contributed by atoms with van der Waals surface area (Å²) in [5.41, 5.74) is 3.16. The highest BCUT2D eigenvalue weighted by atomic mass is 19.1. The summed E-state index contributed by atoms with van der Waals surface area (Å²) in [4.78, 5) is 19.1. The SMILES string of the molecule is O=C1/C(=C/c2ccc(F)cc2)Oc2c1ccc1c2CN(Cc2cccnc2)CO1. The molecule has 0 saturated heterocycles. The number of rotatable bonds is 3. The van der Waals surface area contributed by atoms with Crippen LogP contribution in [-0.2, 0) is 13.1 Å². The van der Waals surface area contributed by atoms with E-state index in [0.717, 1.165) is 16.9 Å². The number of carbonyl (C=O) groups is 1. The molecule has 5 rings (SSSR count). The van der Waals surface area contributed by atoms with Crippen LogP contribution in [0.5, 0.6) is 11.5 Å². The highest BCUT2D eigenvalue weighted by molar-refractivity contribution is 6.15. The van der Waals surface area contributed by atoms with Crippen molar-refractivity contribution in [1.82, 2.24) is 9.88 Å². The van der Waals surface area contributed by atoms with Crippen LogP contribution in [0.4, 0.5) is 4.39 Å². The molecule has 0 spiro atoms. The van der Waals surface area contributed by atoms with E-state index in [4.69, 9.17) is 9.47 Å². The van der Waals surface area contributed by atoms with E-state index < -0.39 is 0 Å². The lowest BCUT2D eigenvalue weighted by atomic mass is 10.0. The first-order valence-corrected chi connectivity index (χ1v) is 9.27. The third-order valence-corrected chi connectivity index (χ3v) is 4.98. The maximum absolute atomic E-state index is 13.1. The summed E-state index contributed by atoms with van der Waals surface area (Å²) in [6.07, 6.45) is 5.20. The fraction of sp³-hybridized carbons (Fsp3) is 0.130. The fourth-order valence-corrected chi connectivity index (χ4v) is 3.57. The Kier molecular flexibility index (Phi) is 4.33. The second-order valence-corrected chi connectivity index (χ2v) is 7.03. The maximum Gasteiger partial charge on any atom is 0.231 e. The highest BCUT2D eigenvalue weighted by Gasteiger charge is 2.33. The molecule has 3 aromatic rings. The number of fused-ring (bicyclic) bond motifs is 3. The number of allylic oxidation sites excluding steroid dienone is 1. The molecule has 0 aliphatic carbocycles. The van der Waals surface area contributed by atoms with Crippen LogP contribution in [-0.4, -0.2) is 22.4 Å². The molecule has 0 saturated carbocycles. The van der Waals surface area contributed by atoms with Gasteiger partial charge in [-0.2, -0.15) is 0 Å². The van der Waals surface area contributed by atoms with E-state index in [2.05, 4.69) is 9.88 Å². The zero-order valence-corrected chi connectivity index (χ0v) is 15.5. The van der Waals surface area contributed by atoms with Crippen molar-refractivity contribution in [2.24, 2.45) is 0 Å². The number of nitrogens with zero attached hydrogens (tertiary/aromatic N) is 2. The zero-order valence-electron chi connectivity index (χ0n) is 15.5. The van der Waals surface area contributed by atoms with Crippen molar-refractivity contribution in [2.75, 3.05) is 6.73 Å². The molecule has 0 amide bonds. The van der Waals surface area contributed by atoms with Crippen molar-refractivity contribution in [3.8, 4) is 11.5 Å². The van der Waals surface area contributed by atoms with Crippen LogP contribution >= 0.6 is 0 Å². The van der Waals surface area contributed by atoms with Gasteiger partial charge in [-0.1, -0.05) is 18.2 Å². The van der Waals surface area contributed by atoms with Crippen LogP contribution in [0.3, 0.4) is 0 Å². The molecular formula is C23H17FN2O3. The maximum atomic E-state index is 13.1. The van der Waals surface area contributed by atoms with Gasteiger partial charge in [0.15, 0.2) is 5.76 Å². The molecule has 1 aromatic heterocycles. The van der Waals surface area contributed by atoms with Gasteiger partial charge in [0.25, 0.3) is 0 Å². The van der Waals surface area contributed by atoms with Gasteiger partial charge in [0.05, 0.1) is 11.1 Å². The molecule has 2 aromatic carbocycles. The first kappa shape index (κ1) is 17.6. The van der Waals surface area contributed by atoms with Crippen LogP contribution in [0.2, 0.25) is 0 Å². The number of hydrogen-bond donors (Lipinski definition) is 0. The Morgan fingerprint density at radius 2 is 2.00 bits per heavy atom. The van der Waals surface area contributed by atoms with Crippen molar-refractivity contribution in [3.63, 3.8) is 0 Å². The lowest BCUT2D eigenvalue weighted by Gasteiger charge is -2.29. The number of carbonyl (C=O) groups excluding carboxylic acids is 1. The number of ketones is 1. The molecule has 3 heterocycles. The monoisotopic (exact) mass is 388 g/mol. The first-order valence-electron chi connectivity index (χ1n) is 9.27. The van der Waals surface area contributed by atoms with Crippen LogP contribution in [0, 0.1) is 5.82 Å². The summed E-state index contributed by atoms with van der Waals surface area (Å²) in [6, 6.07) is 13.4. The van der Waals surface area contributed by atoms with Gasteiger partial charge in [0, 0.05) is 25.5 Å². The van der Waals surface area contributed by atoms with Crippen molar-refractivity contribution >= 4 is 11.9 Å². The summed E-state index contributed by atoms with van der Waals surface area (Å²) in [6.45, 7) is 1.74. The predicted molar refractivity (Wildman–Crippen MR) is 105 cm³/mol. The van der Waals surface area contributed by atoms with Gasteiger partial charge in [0.2, 0.25) is 5.78 Å². The van der Waals surface area contributed by atoms with Crippen LogP contribution in [0.25, 0.3) is 6.08 Å². The number of Topliss-reactive ketones (excluding diaryl/α,β-unsaturated/α-hetero) is 1. The average molecular weight is 388 g/mol. The molecule has 0 unspecified atom stereocenters. The van der Waals surface area contributed by atoms with Crippen molar-refractivity contribution in [1.29, 1.82) is 0 Å². The predicted octanol–water partition coefficient (Wildman–Crippen LogP) is 4.19. The minimum Gasteiger partial charge on any atom is -0.478 e. The quantitative estimate of drug-likeness (QED) is 0.630. The molecular weight excluding hydrogens is 371 g/mol. The Bertz CT molecular complexity index is 1110. The third kappa shape index (κ3) is 3.39. The second kappa shape index (κ2) is 7.14. The topological polar surface area (TPSA) is 51.7 Å². The number of halogens is 1. The normalized spacial score (nSPS) is 16.9. The van der Waals surface area contributed by atoms with E-state index in [-0.39, 0.29) is 17.4 Å². The van der Waals surface area contributed by atoms with Gasteiger partial charge in [-0.3, -0.25) is 14.7 Å². The van der Waals surface area contributed by atoms with E-state index in [1.54, 1.807) is 30.5 Å². The van der Waals surface area contributed by atoms with Gasteiger partial charge in [-0.25, -0.2) is 4.39 Å². The summed E-state index contributed by atoms with van der Waals surface area (Å²) in [7, 11) is 0. The lowest BCUT2D eigenvalue weighted by molar-refractivity contribution is 0.0872. The van der Waals surface area contributed by atoms with Crippen molar-refractivity contribution < 1.29 is 18.7 Å². The largest absolute Gasteiger partial charge is 0.478 e. The number of hydrogen-bond acceptors (Lipinski definition) is 5. The van der Waals surface area contributed by atoms with Crippen LogP contribution in [0.1, 0.15) is 27.0 Å². The number of benzene rings is 2. The fourth-order valence-electron chi connectivity index (χ4n) is 3.57. The number of aromatic nitrogens is 1. The average Bonchev–Trinajstić information content (AvgIpc) is 3.06. The minimum absolute atomic E-state index is 0.184. The summed E-state index contributed by atoms with van der Waals surface area (Å²) in [5, 5.41) is 0. The minimum atomic E-state index is -0.325. The van der Waals surface area contributed by atoms with Crippen LogP contribution < -0.4 is 9.47 Å². The summed E-state index contributed by atoms with van der Waals surface area (Å²) in [5.74, 6) is 0.980. The highest BCUT2D eigenvalue weighted by Crippen LogP contribution is 2.42. The van der Waals surface area contributed by atoms with Gasteiger partial charge in [-0.05, 0) is 47.5 Å². The molecule has 0 atom stereocenters. The molecule has 0 N–H and O–H groups in total. The summed E-state index contributed by atoms with van der Waals surface area (Å²) < 4.78 is 25.0. The zero-order chi connectivity index (χ0) is 19.8. The smallest absolute Gasteiger partial charge is 0.231 e. The third-order valence-electron chi connectivity index (χ3n) is 4.98. The van der Waals surface area contributed by atoms with E-state index in [9.17, 15) is 9.18 Å². The number of ether oxygens (including phenoxy) is 2. The Hall–Kier alpha value is -3.51. The molecule has 29 heavy (non-hydrogen) atoms.